The predicted octanol–water partition coefficient (Wildman–Crippen LogP) is 2.99. The molecule has 2 aromatic rings. The fourth-order valence-electron chi connectivity index (χ4n) is 2.24. The second-order valence-electron chi connectivity index (χ2n) is 5.68. The molecular weight excluding hydrogens is 338 g/mol. The summed E-state index contributed by atoms with van der Waals surface area (Å²) in [6.07, 6.45) is 4.34. The van der Waals surface area contributed by atoms with Gasteiger partial charge in [-0.3, -0.25) is 4.79 Å². The van der Waals surface area contributed by atoms with E-state index >= 15 is 0 Å². The molecule has 2 rings (SSSR count). The Hall–Kier alpha value is -2.60. The SMILES string of the molecule is COc1ccc(/C=C/C(=O)N[C@H](C)c2ccc(S(C)(=O)=O)cc2)cc1. The quantitative estimate of drug-likeness (QED) is 0.805. The standard InChI is InChI=1S/C19H21NO4S/c1-14(16-7-11-18(12-8-16)25(3,22)23)20-19(21)13-6-15-4-9-17(24-2)10-5-15/h4-14H,1-3H3,(H,20,21)/b13-6+/t14-/m1/s1. The normalized spacial score (nSPS) is 12.8. The van der Waals surface area contributed by atoms with Gasteiger partial charge in [0.05, 0.1) is 18.0 Å². The molecule has 1 N–H and O–H groups in total. The molecule has 6 heteroatoms. The maximum atomic E-state index is 12.0. The van der Waals surface area contributed by atoms with Crippen LogP contribution in [0.2, 0.25) is 0 Å². The van der Waals surface area contributed by atoms with Gasteiger partial charge in [0.2, 0.25) is 5.91 Å². The molecule has 0 unspecified atom stereocenters. The first-order valence-corrected chi connectivity index (χ1v) is 9.61. The first-order chi connectivity index (χ1) is 11.8. The van der Waals surface area contributed by atoms with E-state index in [0.717, 1.165) is 23.1 Å². The summed E-state index contributed by atoms with van der Waals surface area (Å²) in [4.78, 5) is 12.3. The van der Waals surface area contributed by atoms with Gasteiger partial charge in [-0.1, -0.05) is 24.3 Å². The second-order valence-corrected chi connectivity index (χ2v) is 7.69. The van der Waals surface area contributed by atoms with Crippen LogP contribution < -0.4 is 10.1 Å². The molecule has 5 nitrogen and oxygen atoms in total. The van der Waals surface area contributed by atoms with E-state index in [1.165, 1.54) is 6.08 Å². The molecule has 0 heterocycles. The third-order valence-corrected chi connectivity index (χ3v) is 4.84. The zero-order valence-corrected chi connectivity index (χ0v) is 15.2. The summed E-state index contributed by atoms with van der Waals surface area (Å²) in [6.45, 7) is 1.84. The molecule has 2 aromatic carbocycles. The average molecular weight is 359 g/mol. The number of amides is 1. The molecule has 0 radical (unpaired) electrons. The third-order valence-electron chi connectivity index (χ3n) is 3.71. The van der Waals surface area contributed by atoms with Gasteiger partial charge in [-0.05, 0) is 48.4 Å². The molecule has 132 valence electrons. The molecule has 0 spiro atoms. The summed E-state index contributed by atoms with van der Waals surface area (Å²) in [6, 6.07) is 13.6. The van der Waals surface area contributed by atoms with E-state index in [1.54, 1.807) is 37.5 Å². The largest absolute Gasteiger partial charge is 0.497 e. The van der Waals surface area contributed by atoms with E-state index in [-0.39, 0.29) is 16.8 Å². The zero-order chi connectivity index (χ0) is 18.4. The molecule has 25 heavy (non-hydrogen) atoms. The van der Waals surface area contributed by atoms with Crippen LogP contribution in [0.15, 0.2) is 59.5 Å². The van der Waals surface area contributed by atoms with Crippen LogP contribution in [0, 0.1) is 0 Å². The summed E-state index contributed by atoms with van der Waals surface area (Å²) in [7, 11) is -1.62. The lowest BCUT2D eigenvalue weighted by molar-refractivity contribution is -0.117. The van der Waals surface area contributed by atoms with E-state index in [1.807, 2.05) is 31.2 Å². The summed E-state index contributed by atoms with van der Waals surface area (Å²) < 4.78 is 28.0. The molecule has 0 bridgehead atoms. The van der Waals surface area contributed by atoms with Gasteiger partial charge < -0.3 is 10.1 Å². The van der Waals surface area contributed by atoms with Gasteiger partial charge in [-0.25, -0.2) is 8.42 Å². The highest BCUT2D eigenvalue weighted by Crippen LogP contribution is 2.16. The maximum Gasteiger partial charge on any atom is 0.244 e. The lowest BCUT2D eigenvalue weighted by Crippen LogP contribution is -2.24. The van der Waals surface area contributed by atoms with Gasteiger partial charge in [0.25, 0.3) is 0 Å². The van der Waals surface area contributed by atoms with Crippen LogP contribution in [0.5, 0.6) is 5.75 Å². The Bertz CT molecular complexity index is 853. The van der Waals surface area contributed by atoms with Gasteiger partial charge in [0.15, 0.2) is 9.84 Å². The first kappa shape index (κ1) is 18.7. The van der Waals surface area contributed by atoms with Crippen molar-refractivity contribution < 1.29 is 17.9 Å². The molecule has 1 amide bonds. The molecule has 0 saturated heterocycles. The Balaban J connectivity index is 1.98. The number of carbonyl (C=O) groups excluding carboxylic acids is 1. The van der Waals surface area contributed by atoms with Crippen LogP contribution in [0.1, 0.15) is 24.1 Å². The highest BCUT2D eigenvalue weighted by molar-refractivity contribution is 7.90. The minimum atomic E-state index is -3.22. The summed E-state index contributed by atoms with van der Waals surface area (Å²) in [5.41, 5.74) is 1.72. The van der Waals surface area contributed by atoms with Crippen LogP contribution in [0.4, 0.5) is 0 Å². The van der Waals surface area contributed by atoms with Crippen molar-refractivity contribution in [1.29, 1.82) is 0 Å². The predicted molar refractivity (Wildman–Crippen MR) is 98.1 cm³/mol. The smallest absolute Gasteiger partial charge is 0.244 e. The van der Waals surface area contributed by atoms with Crippen molar-refractivity contribution in [2.45, 2.75) is 17.9 Å². The molecule has 0 aliphatic heterocycles. The number of ether oxygens (including phenoxy) is 1. The molecule has 0 aromatic heterocycles. The summed E-state index contributed by atoms with van der Waals surface area (Å²) in [5.74, 6) is 0.531. The van der Waals surface area contributed by atoms with Gasteiger partial charge in [-0.2, -0.15) is 0 Å². The number of nitrogens with one attached hydrogen (secondary N) is 1. The third kappa shape index (κ3) is 5.46. The van der Waals surface area contributed by atoms with Crippen LogP contribution in [0.25, 0.3) is 6.08 Å². The maximum absolute atomic E-state index is 12.0. The number of sulfone groups is 1. The second kappa shape index (κ2) is 7.98. The first-order valence-electron chi connectivity index (χ1n) is 7.72. The number of hydrogen-bond donors (Lipinski definition) is 1. The number of rotatable bonds is 6. The minimum absolute atomic E-state index is 0.226. The molecule has 1 atom stereocenters. The van der Waals surface area contributed by atoms with Gasteiger partial charge >= 0.3 is 0 Å². The minimum Gasteiger partial charge on any atom is -0.497 e. The van der Waals surface area contributed by atoms with E-state index < -0.39 is 9.84 Å². The van der Waals surface area contributed by atoms with Crippen molar-refractivity contribution in [3.05, 3.63) is 65.7 Å². The van der Waals surface area contributed by atoms with Crippen molar-refractivity contribution in [2.75, 3.05) is 13.4 Å². The van der Waals surface area contributed by atoms with Crippen molar-refractivity contribution in [3.8, 4) is 5.75 Å². The molecule has 0 fully saturated rings. The van der Waals surface area contributed by atoms with Gasteiger partial charge in [-0.15, -0.1) is 0 Å². The van der Waals surface area contributed by atoms with Crippen LogP contribution in [0.3, 0.4) is 0 Å². The van der Waals surface area contributed by atoms with Gasteiger partial charge in [0.1, 0.15) is 5.75 Å². The molecule has 0 aliphatic rings. The zero-order valence-electron chi connectivity index (χ0n) is 14.4. The lowest BCUT2D eigenvalue weighted by Gasteiger charge is -2.13. The molecule has 0 aliphatic carbocycles. The number of benzene rings is 2. The summed E-state index contributed by atoms with van der Waals surface area (Å²) in [5, 5.41) is 2.85. The molecule has 0 saturated carbocycles. The average Bonchev–Trinajstić information content (AvgIpc) is 2.59. The topological polar surface area (TPSA) is 72.5 Å². The summed E-state index contributed by atoms with van der Waals surface area (Å²) >= 11 is 0. The van der Waals surface area contributed by atoms with E-state index in [4.69, 9.17) is 4.74 Å². The Morgan fingerprint density at radius 1 is 1.08 bits per heavy atom. The van der Waals surface area contributed by atoms with Gasteiger partial charge in [0, 0.05) is 12.3 Å². The number of carbonyl (C=O) groups is 1. The van der Waals surface area contributed by atoms with Crippen molar-refractivity contribution in [1.82, 2.24) is 5.32 Å². The Morgan fingerprint density at radius 2 is 1.68 bits per heavy atom. The lowest BCUT2D eigenvalue weighted by atomic mass is 10.1. The van der Waals surface area contributed by atoms with Crippen molar-refractivity contribution in [2.24, 2.45) is 0 Å². The van der Waals surface area contributed by atoms with Crippen molar-refractivity contribution in [3.63, 3.8) is 0 Å². The van der Waals surface area contributed by atoms with E-state index in [2.05, 4.69) is 5.32 Å². The number of methoxy groups -OCH3 is 1. The van der Waals surface area contributed by atoms with Crippen LogP contribution in [-0.4, -0.2) is 27.7 Å². The van der Waals surface area contributed by atoms with Crippen LogP contribution >= 0.6 is 0 Å². The molecular formula is C19H21NO4S. The van der Waals surface area contributed by atoms with E-state index in [9.17, 15) is 13.2 Å². The number of hydrogen-bond acceptors (Lipinski definition) is 4. The van der Waals surface area contributed by atoms with Crippen molar-refractivity contribution >= 4 is 21.8 Å². The van der Waals surface area contributed by atoms with Crippen LogP contribution in [-0.2, 0) is 14.6 Å². The highest BCUT2D eigenvalue weighted by Gasteiger charge is 2.10. The fraction of sp³-hybridized carbons (Fsp3) is 0.211. The monoisotopic (exact) mass is 359 g/mol. The fourth-order valence-corrected chi connectivity index (χ4v) is 2.87. The Kier molecular flexibility index (Phi) is 5.98. The Morgan fingerprint density at radius 3 is 2.20 bits per heavy atom. The van der Waals surface area contributed by atoms with E-state index in [0.29, 0.717) is 0 Å². The Labute approximate surface area is 148 Å². The highest BCUT2D eigenvalue weighted by atomic mass is 32.2.